The van der Waals surface area contributed by atoms with E-state index < -0.39 is 5.82 Å². The van der Waals surface area contributed by atoms with Crippen LogP contribution in [0.25, 0.3) is 0 Å². The Morgan fingerprint density at radius 2 is 2.00 bits per heavy atom. The summed E-state index contributed by atoms with van der Waals surface area (Å²) in [5.74, 6) is -0.476. The third kappa shape index (κ3) is 3.22. The lowest BCUT2D eigenvalue weighted by atomic mass is 10.1. The first kappa shape index (κ1) is 13.8. The molecule has 0 aromatic heterocycles. The van der Waals surface area contributed by atoms with Gasteiger partial charge < -0.3 is 11.1 Å². The summed E-state index contributed by atoms with van der Waals surface area (Å²) in [6, 6.07) is 10.2. The van der Waals surface area contributed by atoms with Gasteiger partial charge in [-0.3, -0.25) is 0 Å². The van der Waals surface area contributed by atoms with Gasteiger partial charge in [-0.25, -0.2) is 4.39 Å². The molecule has 0 unspecified atom stereocenters. The van der Waals surface area contributed by atoms with Crippen molar-refractivity contribution in [2.75, 3.05) is 5.32 Å². The Kier molecular flexibility index (Phi) is 4.02. The van der Waals surface area contributed by atoms with Gasteiger partial charge in [0.15, 0.2) is 0 Å². The summed E-state index contributed by atoms with van der Waals surface area (Å²) in [5.41, 5.74) is 8.77. The lowest BCUT2D eigenvalue weighted by molar-refractivity contribution is 0.629. The number of nitrogens with one attached hydrogen (secondary N) is 1. The fourth-order valence-corrected chi connectivity index (χ4v) is 2.00. The molecular weight excluding hydrogens is 283 g/mol. The lowest BCUT2D eigenvalue weighted by Crippen LogP contribution is -2.12. The molecule has 0 heterocycles. The average Bonchev–Trinajstić information content (AvgIpc) is 2.33. The van der Waals surface area contributed by atoms with Gasteiger partial charge >= 0.3 is 0 Å². The molecule has 0 radical (unpaired) electrons. The third-order valence-corrected chi connectivity index (χ3v) is 3.17. The van der Waals surface area contributed by atoms with E-state index in [9.17, 15) is 4.39 Å². The van der Waals surface area contributed by atoms with E-state index in [2.05, 4.69) is 5.32 Å². The van der Waals surface area contributed by atoms with Crippen molar-refractivity contribution in [2.24, 2.45) is 5.73 Å². The maximum Gasteiger partial charge on any atom is 0.143 e. The van der Waals surface area contributed by atoms with Gasteiger partial charge in [0.2, 0.25) is 0 Å². The highest BCUT2D eigenvalue weighted by molar-refractivity contribution is 7.80. The second-order valence-electron chi connectivity index (χ2n) is 4.17. The number of hydrogen-bond donors (Lipinski definition) is 2. The highest BCUT2D eigenvalue weighted by Gasteiger charge is 2.07. The van der Waals surface area contributed by atoms with Gasteiger partial charge in [0, 0.05) is 16.9 Å². The maximum absolute atomic E-state index is 13.4. The smallest absolute Gasteiger partial charge is 0.143 e. The minimum Gasteiger partial charge on any atom is -0.389 e. The molecule has 0 aliphatic heterocycles. The van der Waals surface area contributed by atoms with E-state index in [4.69, 9.17) is 29.6 Å². The molecule has 5 heteroatoms. The molecule has 98 valence electrons. The van der Waals surface area contributed by atoms with E-state index in [0.717, 1.165) is 16.8 Å². The van der Waals surface area contributed by atoms with Crippen molar-refractivity contribution in [3.05, 3.63) is 58.4 Å². The third-order valence-electron chi connectivity index (χ3n) is 2.64. The number of aryl methyl sites for hydroxylation is 1. The normalized spacial score (nSPS) is 10.3. The molecule has 2 rings (SSSR count). The molecule has 0 saturated heterocycles. The molecule has 0 aliphatic rings. The van der Waals surface area contributed by atoms with Gasteiger partial charge in [0.25, 0.3) is 0 Å². The number of thiocarbonyl (C=S) groups is 1. The van der Waals surface area contributed by atoms with Crippen molar-refractivity contribution in [1.29, 1.82) is 0 Å². The number of benzene rings is 2. The Morgan fingerprint density at radius 3 is 2.63 bits per heavy atom. The minimum atomic E-state index is -0.476. The largest absolute Gasteiger partial charge is 0.389 e. The molecule has 2 aromatic rings. The number of anilines is 2. The van der Waals surface area contributed by atoms with Crippen LogP contribution in [0.3, 0.4) is 0 Å². The van der Waals surface area contributed by atoms with E-state index in [1.54, 1.807) is 6.07 Å². The van der Waals surface area contributed by atoms with Gasteiger partial charge in [-0.15, -0.1) is 0 Å². The number of nitrogens with two attached hydrogens (primary N) is 1. The summed E-state index contributed by atoms with van der Waals surface area (Å²) in [7, 11) is 0. The molecule has 0 atom stereocenters. The summed E-state index contributed by atoms with van der Waals surface area (Å²) < 4.78 is 13.4. The standard InChI is InChI=1S/C14H12ClFN2S/c1-8-2-4-10(14(17)19)13(6-8)18-9-3-5-11(15)12(16)7-9/h2-7,18H,1H3,(H2,17,19). The SMILES string of the molecule is Cc1ccc(C(N)=S)c(Nc2ccc(Cl)c(F)c2)c1. The predicted octanol–water partition coefficient (Wildman–Crippen LogP) is 4.17. The molecule has 3 N–H and O–H groups in total. The van der Waals surface area contributed by atoms with Crippen LogP contribution in [-0.2, 0) is 0 Å². The van der Waals surface area contributed by atoms with E-state index in [1.807, 2.05) is 25.1 Å². The number of halogens is 2. The van der Waals surface area contributed by atoms with E-state index in [-0.39, 0.29) is 10.0 Å². The number of rotatable bonds is 3. The second kappa shape index (κ2) is 5.55. The van der Waals surface area contributed by atoms with Crippen molar-refractivity contribution in [1.82, 2.24) is 0 Å². The molecular formula is C14H12ClFN2S. The minimum absolute atomic E-state index is 0.0874. The molecule has 19 heavy (non-hydrogen) atoms. The lowest BCUT2D eigenvalue weighted by Gasteiger charge is -2.12. The fourth-order valence-electron chi connectivity index (χ4n) is 1.71. The van der Waals surface area contributed by atoms with Crippen LogP contribution >= 0.6 is 23.8 Å². The quantitative estimate of drug-likeness (QED) is 0.835. The molecule has 0 bridgehead atoms. The van der Waals surface area contributed by atoms with Gasteiger partial charge in [0.1, 0.15) is 10.8 Å². The fraction of sp³-hybridized carbons (Fsp3) is 0.0714. The summed E-state index contributed by atoms with van der Waals surface area (Å²) in [6.07, 6.45) is 0. The Labute approximate surface area is 121 Å². The van der Waals surface area contributed by atoms with Crippen LogP contribution in [0, 0.1) is 12.7 Å². The summed E-state index contributed by atoms with van der Waals surface area (Å²) in [4.78, 5) is 0.289. The van der Waals surface area contributed by atoms with Gasteiger partial charge in [0.05, 0.1) is 5.02 Å². The van der Waals surface area contributed by atoms with Crippen molar-refractivity contribution in [3.8, 4) is 0 Å². The second-order valence-corrected chi connectivity index (χ2v) is 5.01. The highest BCUT2D eigenvalue weighted by Crippen LogP contribution is 2.25. The van der Waals surface area contributed by atoms with Crippen molar-refractivity contribution in [2.45, 2.75) is 6.92 Å². The van der Waals surface area contributed by atoms with E-state index in [0.29, 0.717) is 5.69 Å². The van der Waals surface area contributed by atoms with E-state index >= 15 is 0 Å². The van der Waals surface area contributed by atoms with Crippen LogP contribution in [0.2, 0.25) is 5.02 Å². The molecule has 2 aromatic carbocycles. The zero-order valence-electron chi connectivity index (χ0n) is 10.2. The van der Waals surface area contributed by atoms with Crippen LogP contribution in [0.15, 0.2) is 36.4 Å². The van der Waals surface area contributed by atoms with Crippen LogP contribution in [-0.4, -0.2) is 4.99 Å². The molecule has 0 spiro atoms. The van der Waals surface area contributed by atoms with Crippen molar-refractivity contribution < 1.29 is 4.39 Å². The van der Waals surface area contributed by atoms with Crippen LogP contribution in [0.4, 0.5) is 15.8 Å². The first-order chi connectivity index (χ1) is 8.97. The van der Waals surface area contributed by atoms with Crippen LogP contribution in [0.1, 0.15) is 11.1 Å². The zero-order chi connectivity index (χ0) is 14.0. The zero-order valence-corrected chi connectivity index (χ0v) is 11.8. The van der Waals surface area contributed by atoms with Gasteiger partial charge in [-0.05, 0) is 42.8 Å². The molecule has 2 nitrogen and oxygen atoms in total. The first-order valence-corrected chi connectivity index (χ1v) is 6.38. The van der Waals surface area contributed by atoms with Crippen LogP contribution in [0.5, 0.6) is 0 Å². The monoisotopic (exact) mass is 294 g/mol. The highest BCUT2D eigenvalue weighted by atomic mass is 35.5. The number of hydrogen-bond acceptors (Lipinski definition) is 2. The summed E-state index contributed by atoms with van der Waals surface area (Å²) in [5, 5.41) is 3.18. The van der Waals surface area contributed by atoms with Gasteiger partial charge in [-0.1, -0.05) is 29.9 Å². The molecule has 0 saturated carbocycles. The van der Waals surface area contributed by atoms with Crippen LogP contribution < -0.4 is 11.1 Å². The van der Waals surface area contributed by atoms with Gasteiger partial charge in [-0.2, -0.15) is 0 Å². The Bertz CT molecular complexity index is 643. The Hall–Kier alpha value is -1.65. The van der Waals surface area contributed by atoms with Crippen molar-refractivity contribution >= 4 is 40.2 Å². The predicted molar refractivity (Wildman–Crippen MR) is 81.8 cm³/mol. The van der Waals surface area contributed by atoms with E-state index in [1.165, 1.54) is 12.1 Å². The Balaban J connectivity index is 2.39. The molecule has 0 amide bonds. The molecule has 0 aliphatic carbocycles. The first-order valence-electron chi connectivity index (χ1n) is 5.60. The average molecular weight is 295 g/mol. The summed E-state index contributed by atoms with van der Waals surface area (Å²) in [6.45, 7) is 1.96. The molecule has 0 fully saturated rings. The Morgan fingerprint density at radius 1 is 1.26 bits per heavy atom. The van der Waals surface area contributed by atoms with Crippen molar-refractivity contribution in [3.63, 3.8) is 0 Å². The topological polar surface area (TPSA) is 38.0 Å². The maximum atomic E-state index is 13.4. The summed E-state index contributed by atoms with van der Waals surface area (Å²) >= 11 is 10.6.